The van der Waals surface area contributed by atoms with E-state index in [2.05, 4.69) is 0 Å². The zero-order valence-electron chi connectivity index (χ0n) is 13.0. The summed E-state index contributed by atoms with van der Waals surface area (Å²) in [6.45, 7) is 1.86. The Balaban J connectivity index is 1.89. The van der Waals surface area contributed by atoms with E-state index in [0.717, 1.165) is 22.6 Å². The number of allylic oxidation sites excluding steroid dienone is 2. The monoisotopic (exact) mass is 333 g/mol. The summed E-state index contributed by atoms with van der Waals surface area (Å²) in [7, 11) is -2.62. The second-order valence-electron chi connectivity index (χ2n) is 6.31. The maximum atomic E-state index is 12.7. The summed E-state index contributed by atoms with van der Waals surface area (Å²) in [5.74, 6) is -1.49. The van der Waals surface area contributed by atoms with Crippen LogP contribution in [0.25, 0.3) is 0 Å². The Bertz CT molecular complexity index is 766. The number of fused-ring (bicyclic) bond motifs is 2. The van der Waals surface area contributed by atoms with Crippen LogP contribution in [0.2, 0.25) is 0 Å². The molecule has 0 saturated heterocycles. The fraction of sp³-hybridized carbons (Fsp3) is 0.412. The van der Waals surface area contributed by atoms with Crippen LogP contribution in [-0.2, 0) is 19.6 Å². The highest BCUT2D eigenvalue weighted by Crippen LogP contribution is 2.48. The van der Waals surface area contributed by atoms with Gasteiger partial charge in [-0.25, -0.2) is 12.7 Å². The summed E-state index contributed by atoms with van der Waals surface area (Å²) < 4.78 is 26.1. The maximum Gasteiger partial charge on any atom is 0.266 e. The van der Waals surface area contributed by atoms with Crippen LogP contribution in [0, 0.1) is 30.6 Å². The number of rotatable bonds is 4. The third kappa shape index (κ3) is 2.51. The first-order valence-corrected chi connectivity index (χ1v) is 9.03. The van der Waals surface area contributed by atoms with Crippen molar-refractivity contribution in [2.24, 2.45) is 23.7 Å². The Morgan fingerprint density at radius 2 is 1.78 bits per heavy atom. The molecule has 1 aromatic carbocycles. The molecule has 6 heteroatoms. The number of hydrogen-bond donors (Lipinski definition) is 0. The van der Waals surface area contributed by atoms with Gasteiger partial charge in [0.05, 0.1) is 10.8 Å². The number of sulfonamides is 1. The predicted octanol–water partition coefficient (Wildman–Crippen LogP) is 1.78. The number of aryl methyl sites for hydroxylation is 1. The van der Waals surface area contributed by atoms with E-state index in [1.807, 2.05) is 19.1 Å². The van der Waals surface area contributed by atoms with Gasteiger partial charge in [0.25, 0.3) is 10.0 Å². The average Bonchev–Trinajstić information content (AvgIpc) is 3.14. The standard InChI is InChI=1S/C17H19NO4S/c1-11-3-7-14(8-4-11)23(21,22)18(2)17(20)16-13-6-5-12(9-13)15(16)10-19/h3-8,10,12-13,15-16H,9H2,1-2H3. The van der Waals surface area contributed by atoms with E-state index in [9.17, 15) is 18.0 Å². The van der Waals surface area contributed by atoms with Gasteiger partial charge >= 0.3 is 0 Å². The topological polar surface area (TPSA) is 71.5 Å². The Morgan fingerprint density at radius 3 is 2.39 bits per heavy atom. The minimum atomic E-state index is -3.90. The van der Waals surface area contributed by atoms with Gasteiger partial charge in [-0.3, -0.25) is 4.79 Å². The highest BCUT2D eigenvalue weighted by molar-refractivity contribution is 7.89. The Hall–Kier alpha value is -1.95. The number of aldehydes is 1. The van der Waals surface area contributed by atoms with Gasteiger partial charge in [-0.1, -0.05) is 29.8 Å². The second kappa shape index (κ2) is 5.60. The molecule has 0 spiro atoms. The molecule has 122 valence electrons. The molecular weight excluding hydrogens is 314 g/mol. The number of carbonyl (C=O) groups is 2. The molecule has 2 aliphatic rings. The smallest absolute Gasteiger partial charge is 0.266 e. The van der Waals surface area contributed by atoms with Crippen LogP contribution in [0.15, 0.2) is 41.3 Å². The van der Waals surface area contributed by atoms with Crippen molar-refractivity contribution in [1.82, 2.24) is 4.31 Å². The van der Waals surface area contributed by atoms with Crippen LogP contribution in [0.1, 0.15) is 12.0 Å². The van der Waals surface area contributed by atoms with Crippen molar-refractivity contribution < 1.29 is 18.0 Å². The molecule has 2 aliphatic carbocycles. The van der Waals surface area contributed by atoms with Gasteiger partial charge in [0, 0.05) is 13.0 Å². The largest absolute Gasteiger partial charge is 0.303 e. The van der Waals surface area contributed by atoms with Crippen molar-refractivity contribution in [2.45, 2.75) is 18.2 Å². The van der Waals surface area contributed by atoms with Crippen molar-refractivity contribution in [3.05, 3.63) is 42.0 Å². The quantitative estimate of drug-likeness (QED) is 0.622. The molecule has 0 heterocycles. The second-order valence-corrected chi connectivity index (χ2v) is 8.28. The van der Waals surface area contributed by atoms with Crippen LogP contribution in [0.3, 0.4) is 0 Å². The van der Waals surface area contributed by atoms with E-state index < -0.39 is 27.8 Å². The zero-order chi connectivity index (χ0) is 16.8. The highest BCUT2D eigenvalue weighted by Gasteiger charge is 2.50. The minimum Gasteiger partial charge on any atom is -0.303 e. The lowest BCUT2D eigenvalue weighted by atomic mass is 9.83. The molecule has 1 fully saturated rings. The van der Waals surface area contributed by atoms with Gasteiger partial charge < -0.3 is 4.79 Å². The van der Waals surface area contributed by atoms with Gasteiger partial charge in [-0.2, -0.15) is 0 Å². The first-order chi connectivity index (χ1) is 10.9. The molecule has 1 amide bonds. The molecule has 4 unspecified atom stereocenters. The summed E-state index contributed by atoms with van der Waals surface area (Å²) in [5.41, 5.74) is 0.942. The Labute approximate surface area is 136 Å². The molecule has 5 nitrogen and oxygen atoms in total. The van der Waals surface area contributed by atoms with Gasteiger partial charge in [0.2, 0.25) is 5.91 Å². The zero-order valence-corrected chi connectivity index (χ0v) is 13.9. The molecule has 0 radical (unpaired) electrons. The third-order valence-corrected chi connectivity index (χ3v) is 6.72. The van der Waals surface area contributed by atoms with Gasteiger partial charge in [0.15, 0.2) is 0 Å². The van der Waals surface area contributed by atoms with Crippen LogP contribution >= 0.6 is 0 Å². The highest BCUT2D eigenvalue weighted by atomic mass is 32.2. The van der Waals surface area contributed by atoms with Crippen LogP contribution in [0.5, 0.6) is 0 Å². The number of benzene rings is 1. The van der Waals surface area contributed by atoms with Crippen LogP contribution < -0.4 is 0 Å². The summed E-state index contributed by atoms with van der Waals surface area (Å²) in [6, 6.07) is 6.37. The summed E-state index contributed by atoms with van der Waals surface area (Å²) >= 11 is 0. The number of carbonyl (C=O) groups excluding carboxylic acids is 2. The van der Waals surface area contributed by atoms with E-state index in [-0.39, 0.29) is 16.7 Å². The van der Waals surface area contributed by atoms with Crippen LogP contribution in [-0.4, -0.2) is 32.0 Å². The van der Waals surface area contributed by atoms with E-state index >= 15 is 0 Å². The Morgan fingerprint density at radius 1 is 1.17 bits per heavy atom. The molecule has 0 aliphatic heterocycles. The fourth-order valence-electron chi connectivity index (χ4n) is 3.59. The van der Waals surface area contributed by atoms with Gasteiger partial charge in [0.1, 0.15) is 6.29 Å². The van der Waals surface area contributed by atoms with E-state index in [0.29, 0.717) is 0 Å². The number of hydrogen-bond acceptors (Lipinski definition) is 4. The summed E-state index contributed by atoms with van der Waals surface area (Å²) in [5, 5.41) is 0. The van der Waals surface area contributed by atoms with E-state index in [1.54, 1.807) is 12.1 Å². The third-order valence-electron chi connectivity index (χ3n) is 4.95. The fourth-order valence-corrected chi connectivity index (χ4v) is 4.75. The van der Waals surface area contributed by atoms with Crippen molar-refractivity contribution in [2.75, 3.05) is 7.05 Å². The molecular formula is C17H19NO4S. The number of amides is 1. The van der Waals surface area contributed by atoms with Crippen LogP contribution in [0.4, 0.5) is 0 Å². The molecule has 2 bridgehead atoms. The number of nitrogens with zero attached hydrogens (tertiary/aromatic N) is 1. The molecule has 0 N–H and O–H groups in total. The van der Waals surface area contributed by atoms with Crippen molar-refractivity contribution in [3.8, 4) is 0 Å². The minimum absolute atomic E-state index is 0.0432. The lowest BCUT2D eigenvalue weighted by Crippen LogP contribution is -2.42. The molecule has 1 saturated carbocycles. The summed E-state index contributed by atoms with van der Waals surface area (Å²) in [6.07, 6.45) is 5.43. The normalized spacial score (nSPS) is 28.8. The van der Waals surface area contributed by atoms with Crippen molar-refractivity contribution in [1.29, 1.82) is 0 Å². The SMILES string of the molecule is Cc1ccc(S(=O)(=O)N(C)C(=O)C2C3C=CC(C3)C2C=O)cc1. The molecule has 23 heavy (non-hydrogen) atoms. The van der Waals surface area contributed by atoms with Crippen molar-refractivity contribution >= 4 is 22.2 Å². The molecule has 3 rings (SSSR count). The molecule has 4 atom stereocenters. The lowest BCUT2D eigenvalue weighted by molar-refractivity contribution is -0.134. The van der Waals surface area contributed by atoms with E-state index in [1.165, 1.54) is 19.2 Å². The lowest BCUT2D eigenvalue weighted by Gasteiger charge is -2.27. The van der Waals surface area contributed by atoms with Gasteiger partial charge in [-0.15, -0.1) is 0 Å². The first kappa shape index (κ1) is 15.9. The van der Waals surface area contributed by atoms with Crippen molar-refractivity contribution in [3.63, 3.8) is 0 Å². The molecule has 1 aromatic rings. The first-order valence-electron chi connectivity index (χ1n) is 7.59. The predicted molar refractivity (Wildman–Crippen MR) is 84.9 cm³/mol. The summed E-state index contributed by atoms with van der Waals surface area (Å²) in [4.78, 5) is 24.2. The maximum absolute atomic E-state index is 12.7. The van der Waals surface area contributed by atoms with E-state index in [4.69, 9.17) is 0 Å². The van der Waals surface area contributed by atoms with Gasteiger partial charge in [-0.05, 0) is 37.3 Å². The average molecular weight is 333 g/mol. The molecule has 0 aromatic heterocycles. The Kier molecular flexibility index (Phi) is 3.88.